The van der Waals surface area contributed by atoms with Crippen LogP contribution in [-0.4, -0.2) is 47.8 Å². The van der Waals surface area contributed by atoms with Crippen LogP contribution in [0, 0.1) is 0 Å². The van der Waals surface area contributed by atoms with Gasteiger partial charge in [-0.2, -0.15) is 0 Å². The zero-order valence-electron chi connectivity index (χ0n) is 11.5. The van der Waals surface area contributed by atoms with Crippen molar-refractivity contribution in [3.8, 4) is 0 Å². The SMILES string of the molecule is C[C@@H](NC(=O)CN1C(=O)CN(C)C1=O)c1ccccc1. The molecule has 1 heterocycles. The van der Waals surface area contributed by atoms with Gasteiger partial charge < -0.3 is 10.2 Å². The summed E-state index contributed by atoms with van der Waals surface area (Å²) in [7, 11) is 1.53. The van der Waals surface area contributed by atoms with E-state index in [0.717, 1.165) is 10.5 Å². The molecule has 0 radical (unpaired) electrons. The average Bonchev–Trinajstić information content (AvgIpc) is 2.66. The van der Waals surface area contributed by atoms with E-state index in [4.69, 9.17) is 0 Å². The van der Waals surface area contributed by atoms with Crippen molar-refractivity contribution in [2.75, 3.05) is 20.1 Å². The number of nitrogens with one attached hydrogen (secondary N) is 1. The Hall–Kier alpha value is -2.37. The van der Waals surface area contributed by atoms with Gasteiger partial charge in [0.2, 0.25) is 5.91 Å². The predicted octanol–water partition coefficient (Wildman–Crippen LogP) is 0.758. The highest BCUT2D eigenvalue weighted by Gasteiger charge is 2.34. The van der Waals surface area contributed by atoms with Gasteiger partial charge in [0, 0.05) is 7.05 Å². The van der Waals surface area contributed by atoms with Crippen molar-refractivity contribution in [1.82, 2.24) is 15.1 Å². The standard InChI is InChI=1S/C14H17N3O3/c1-10(11-6-4-3-5-7-11)15-12(18)8-17-13(19)9-16(2)14(17)20/h3-7,10H,8-9H2,1-2H3,(H,15,18)/t10-/m1/s1. The fourth-order valence-corrected chi connectivity index (χ4v) is 2.08. The van der Waals surface area contributed by atoms with E-state index in [9.17, 15) is 14.4 Å². The Morgan fingerprint density at radius 3 is 2.50 bits per heavy atom. The molecular formula is C14H17N3O3. The molecule has 1 aromatic carbocycles. The maximum Gasteiger partial charge on any atom is 0.327 e. The first-order valence-electron chi connectivity index (χ1n) is 6.39. The maximum atomic E-state index is 11.9. The number of carbonyl (C=O) groups excluding carboxylic acids is 3. The van der Waals surface area contributed by atoms with E-state index in [-0.39, 0.29) is 30.9 Å². The van der Waals surface area contributed by atoms with Gasteiger partial charge >= 0.3 is 6.03 Å². The molecule has 20 heavy (non-hydrogen) atoms. The molecule has 1 atom stereocenters. The number of carbonyl (C=O) groups is 3. The number of hydrogen-bond acceptors (Lipinski definition) is 3. The first-order chi connectivity index (χ1) is 9.49. The predicted molar refractivity (Wildman–Crippen MR) is 72.7 cm³/mol. The Bertz CT molecular complexity index is 530. The van der Waals surface area contributed by atoms with E-state index in [1.807, 2.05) is 37.3 Å². The highest BCUT2D eigenvalue weighted by Crippen LogP contribution is 2.12. The van der Waals surface area contributed by atoms with E-state index >= 15 is 0 Å². The summed E-state index contributed by atoms with van der Waals surface area (Å²) in [6, 6.07) is 8.89. The highest BCUT2D eigenvalue weighted by molar-refractivity contribution is 6.04. The average molecular weight is 275 g/mol. The van der Waals surface area contributed by atoms with Gasteiger partial charge in [-0.15, -0.1) is 0 Å². The van der Waals surface area contributed by atoms with Crippen LogP contribution in [0.2, 0.25) is 0 Å². The molecule has 0 bridgehead atoms. The molecule has 1 aliphatic rings. The molecule has 1 saturated heterocycles. The van der Waals surface area contributed by atoms with Crippen LogP contribution in [-0.2, 0) is 9.59 Å². The molecule has 4 amide bonds. The lowest BCUT2D eigenvalue weighted by Crippen LogP contribution is -2.41. The molecule has 0 saturated carbocycles. The maximum absolute atomic E-state index is 11.9. The fraction of sp³-hybridized carbons (Fsp3) is 0.357. The molecule has 0 aliphatic carbocycles. The minimum Gasteiger partial charge on any atom is -0.348 e. The Morgan fingerprint density at radius 2 is 1.95 bits per heavy atom. The second kappa shape index (κ2) is 5.73. The van der Waals surface area contributed by atoms with Crippen molar-refractivity contribution in [2.24, 2.45) is 0 Å². The number of hydrogen-bond donors (Lipinski definition) is 1. The highest BCUT2D eigenvalue weighted by atomic mass is 16.2. The zero-order chi connectivity index (χ0) is 14.7. The minimum absolute atomic E-state index is 0.0281. The summed E-state index contributed by atoms with van der Waals surface area (Å²) >= 11 is 0. The van der Waals surface area contributed by atoms with E-state index in [0.29, 0.717) is 0 Å². The van der Waals surface area contributed by atoms with Crippen molar-refractivity contribution in [2.45, 2.75) is 13.0 Å². The zero-order valence-corrected chi connectivity index (χ0v) is 11.5. The van der Waals surface area contributed by atoms with Gasteiger partial charge in [0.1, 0.15) is 13.1 Å². The number of amides is 4. The molecular weight excluding hydrogens is 258 g/mol. The van der Waals surface area contributed by atoms with Crippen LogP contribution in [0.3, 0.4) is 0 Å². The largest absolute Gasteiger partial charge is 0.348 e. The van der Waals surface area contributed by atoms with Gasteiger partial charge in [-0.3, -0.25) is 14.5 Å². The van der Waals surface area contributed by atoms with Gasteiger partial charge in [0.15, 0.2) is 0 Å². The molecule has 0 spiro atoms. The number of nitrogens with zero attached hydrogens (tertiary/aromatic N) is 2. The topological polar surface area (TPSA) is 69.7 Å². The monoisotopic (exact) mass is 275 g/mol. The van der Waals surface area contributed by atoms with Crippen LogP contribution in [0.25, 0.3) is 0 Å². The second-order valence-electron chi connectivity index (χ2n) is 4.82. The minimum atomic E-state index is -0.433. The van der Waals surface area contributed by atoms with Crippen molar-refractivity contribution < 1.29 is 14.4 Å². The van der Waals surface area contributed by atoms with Crippen LogP contribution < -0.4 is 5.32 Å². The van der Waals surface area contributed by atoms with Gasteiger partial charge in [-0.25, -0.2) is 4.79 Å². The van der Waals surface area contributed by atoms with Crippen molar-refractivity contribution in [3.05, 3.63) is 35.9 Å². The van der Waals surface area contributed by atoms with Gasteiger partial charge in [-0.1, -0.05) is 30.3 Å². The van der Waals surface area contributed by atoms with Crippen molar-refractivity contribution in [3.63, 3.8) is 0 Å². The lowest BCUT2D eigenvalue weighted by molar-refractivity contribution is -0.131. The second-order valence-corrected chi connectivity index (χ2v) is 4.82. The van der Waals surface area contributed by atoms with Crippen molar-refractivity contribution in [1.29, 1.82) is 0 Å². The summed E-state index contributed by atoms with van der Waals surface area (Å²) in [5.41, 5.74) is 0.969. The summed E-state index contributed by atoms with van der Waals surface area (Å²) in [5, 5.41) is 2.78. The third-order valence-electron chi connectivity index (χ3n) is 3.21. The number of likely N-dealkylation sites (N-methyl/N-ethyl adjacent to an activating group) is 1. The summed E-state index contributed by atoms with van der Waals surface area (Å²) < 4.78 is 0. The van der Waals surface area contributed by atoms with Crippen molar-refractivity contribution >= 4 is 17.8 Å². The van der Waals surface area contributed by atoms with E-state index in [1.54, 1.807) is 0 Å². The first-order valence-corrected chi connectivity index (χ1v) is 6.39. The van der Waals surface area contributed by atoms with E-state index < -0.39 is 6.03 Å². The number of imide groups is 1. The van der Waals surface area contributed by atoms with Crippen LogP contribution in [0.5, 0.6) is 0 Å². The Balaban J connectivity index is 1.93. The summed E-state index contributed by atoms with van der Waals surface area (Å²) in [5.74, 6) is -0.696. The summed E-state index contributed by atoms with van der Waals surface area (Å²) in [4.78, 5) is 37.4. The molecule has 1 N–H and O–H groups in total. The molecule has 106 valence electrons. The molecule has 1 aromatic rings. The van der Waals surface area contributed by atoms with Gasteiger partial charge in [0.25, 0.3) is 5.91 Å². The molecule has 0 unspecified atom stereocenters. The van der Waals surface area contributed by atoms with Crippen LogP contribution in [0.1, 0.15) is 18.5 Å². The van der Waals surface area contributed by atoms with E-state index in [1.165, 1.54) is 11.9 Å². The lowest BCUT2D eigenvalue weighted by Gasteiger charge is -2.17. The summed E-state index contributed by atoms with van der Waals surface area (Å²) in [6.07, 6.45) is 0. The van der Waals surface area contributed by atoms with Crippen LogP contribution >= 0.6 is 0 Å². The third kappa shape index (κ3) is 2.96. The lowest BCUT2D eigenvalue weighted by atomic mass is 10.1. The molecule has 0 aromatic heterocycles. The quantitative estimate of drug-likeness (QED) is 0.825. The smallest absolute Gasteiger partial charge is 0.327 e. The van der Waals surface area contributed by atoms with E-state index in [2.05, 4.69) is 5.32 Å². The molecule has 1 aliphatic heterocycles. The Morgan fingerprint density at radius 1 is 1.30 bits per heavy atom. The molecule has 1 fully saturated rings. The first kappa shape index (κ1) is 14.0. The number of urea groups is 1. The van der Waals surface area contributed by atoms with Crippen LogP contribution in [0.15, 0.2) is 30.3 Å². The molecule has 2 rings (SSSR count). The van der Waals surface area contributed by atoms with Crippen LogP contribution in [0.4, 0.5) is 4.79 Å². The normalized spacial score (nSPS) is 16.5. The summed E-state index contributed by atoms with van der Waals surface area (Å²) in [6.45, 7) is 1.65. The number of benzene rings is 1. The molecule has 6 heteroatoms. The Kier molecular flexibility index (Phi) is 4.02. The van der Waals surface area contributed by atoms with Gasteiger partial charge in [-0.05, 0) is 12.5 Å². The molecule has 6 nitrogen and oxygen atoms in total. The van der Waals surface area contributed by atoms with Gasteiger partial charge in [0.05, 0.1) is 6.04 Å². The Labute approximate surface area is 117 Å². The number of rotatable bonds is 4. The third-order valence-corrected chi connectivity index (χ3v) is 3.21. The fourth-order valence-electron chi connectivity index (χ4n) is 2.08.